The smallest absolute Gasteiger partial charge is 0.320 e. The summed E-state index contributed by atoms with van der Waals surface area (Å²) >= 11 is 6.08. The van der Waals surface area contributed by atoms with Crippen LogP contribution in [-0.2, 0) is 9.84 Å². The standard InChI is InChI=1S/C26H32ClN5O3S/c1-36(34,35)21-8-19(27)4-5-20(21)17-9-25(10-17)6-7-31(13-25)24(33)32-14-26(15-32)11-18(12-26)23-28-22(29-30-23)16-2-3-16/h4-5,8,16-18H,2-3,6-7,9-15H2,1H3,(H,28,29,30). The van der Waals surface area contributed by atoms with Crippen LogP contribution in [0.1, 0.15) is 79.9 Å². The lowest BCUT2D eigenvalue weighted by molar-refractivity contribution is -0.0560. The zero-order valence-corrected chi connectivity index (χ0v) is 22.1. The number of halogens is 1. The summed E-state index contributed by atoms with van der Waals surface area (Å²) in [4.78, 5) is 22.3. The lowest BCUT2D eigenvalue weighted by Gasteiger charge is -2.59. The second kappa shape index (κ2) is 7.69. The molecule has 10 heteroatoms. The molecule has 7 rings (SSSR count). The van der Waals surface area contributed by atoms with Gasteiger partial charge in [-0.1, -0.05) is 17.7 Å². The molecule has 1 aromatic carbocycles. The Balaban J connectivity index is 0.926. The quantitative estimate of drug-likeness (QED) is 0.636. The van der Waals surface area contributed by atoms with Crippen LogP contribution in [0.2, 0.25) is 5.02 Å². The molecule has 8 nitrogen and oxygen atoms in total. The summed E-state index contributed by atoms with van der Waals surface area (Å²) in [6, 6.07) is 5.38. The van der Waals surface area contributed by atoms with Gasteiger partial charge in [0, 0.05) is 54.7 Å². The van der Waals surface area contributed by atoms with Gasteiger partial charge >= 0.3 is 6.03 Å². The van der Waals surface area contributed by atoms with E-state index in [0.717, 1.165) is 75.5 Å². The molecule has 192 valence electrons. The Bertz CT molecular complexity index is 1330. The van der Waals surface area contributed by atoms with E-state index >= 15 is 0 Å². The Morgan fingerprint density at radius 2 is 1.72 bits per heavy atom. The van der Waals surface area contributed by atoms with E-state index in [9.17, 15) is 13.2 Å². The lowest BCUT2D eigenvalue weighted by atomic mass is 9.57. The van der Waals surface area contributed by atoms with Crippen LogP contribution in [0, 0.1) is 10.8 Å². The van der Waals surface area contributed by atoms with Crippen molar-refractivity contribution in [1.29, 1.82) is 0 Å². The van der Waals surface area contributed by atoms with Crippen molar-refractivity contribution < 1.29 is 13.2 Å². The Hall–Kier alpha value is -2.13. The molecule has 0 atom stereocenters. The number of hydrogen-bond acceptors (Lipinski definition) is 5. The number of nitrogens with one attached hydrogen (secondary N) is 1. The number of aromatic amines is 1. The molecule has 36 heavy (non-hydrogen) atoms. The SMILES string of the molecule is CS(=O)(=O)c1cc(Cl)ccc1C1CC2(CCN(C(=O)N3CC4(CC(c5n[nH]c(C6CC6)n5)C4)C3)C2)C1. The van der Waals surface area contributed by atoms with Gasteiger partial charge in [-0.2, -0.15) is 5.10 Å². The molecule has 5 fully saturated rings. The number of amides is 2. The highest BCUT2D eigenvalue weighted by Gasteiger charge is 2.57. The average molecular weight is 530 g/mol. The number of nitrogens with zero attached hydrogens (tertiary/aromatic N) is 4. The van der Waals surface area contributed by atoms with Crippen molar-refractivity contribution in [2.75, 3.05) is 32.4 Å². The zero-order chi connectivity index (χ0) is 24.9. The molecule has 0 bridgehead atoms. The number of carbonyl (C=O) groups excluding carboxylic acids is 1. The highest BCUT2D eigenvalue weighted by Crippen LogP contribution is 2.58. The maximum absolute atomic E-state index is 13.2. The van der Waals surface area contributed by atoms with E-state index in [-0.39, 0.29) is 22.8 Å². The number of H-pyrrole nitrogens is 1. The molecule has 3 saturated carbocycles. The van der Waals surface area contributed by atoms with Crippen LogP contribution in [0.4, 0.5) is 4.79 Å². The number of benzene rings is 1. The van der Waals surface area contributed by atoms with Gasteiger partial charge in [0.25, 0.3) is 0 Å². The fourth-order valence-electron chi connectivity index (χ4n) is 7.34. The van der Waals surface area contributed by atoms with Crippen molar-refractivity contribution in [3.63, 3.8) is 0 Å². The van der Waals surface area contributed by atoms with Crippen LogP contribution in [0.3, 0.4) is 0 Å². The van der Waals surface area contributed by atoms with Crippen molar-refractivity contribution in [2.24, 2.45) is 10.8 Å². The van der Waals surface area contributed by atoms with Crippen LogP contribution < -0.4 is 0 Å². The third-order valence-electron chi connectivity index (χ3n) is 9.41. The second-order valence-electron chi connectivity index (χ2n) is 12.3. The first-order valence-corrected chi connectivity index (χ1v) is 15.3. The highest BCUT2D eigenvalue weighted by atomic mass is 35.5. The van der Waals surface area contributed by atoms with Gasteiger partial charge in [0.1, 0.15) is 5.82 Å². The van der Waals surface area contributed by atoms with E-state index in [4.69, 9.17) is 16.6 Å². The Kier molecular flexibility index (Phi) is 4.92. The molecule has 0 radical (unpaired) electrons. The van der Waals surface area contributed by atoms with Gasteiger partial charge in [0.05, 0.1) is 4.90 Å². The fraction of sp³-hybridized carbons (Fsp3) is 0.654. The molecule has 2 spiro atoms. The third-order valence-corrected chi connectivity index (χ3v) is 10.8. The number of carbonyl (C=O) groups is 1. The molecular formula is C26H32ClN5O3S. The van der Waals surface area contributed by atoms with Gasteiger partial charge < -0.3 is 9.80 Å². The topological polar surface area (TPSA) is 99.3 Å². The summed E-state index contributed by atoms with van der Waals surface area (Å²) in [5, 5.41) is 8.02. The minimum atomic E-state index is -3.34. The largest absolute Gasteiger partial charge is 0.324 e. The summed E-state index contributed by atoms with van der Waals surface area (Å²) in [7, 11) is -3.34. The predicted molar refractivity (Wildman–Crippen MR) is 135 cm³/mol. The normalized spacial score (nSPS) is 26.7. The molecule has 3 aliphatic carbocycles. The molecule has 1 aromatic heterocycles. The number of urea groups is 1. The number of aromatic nitrogens is 3. The van der Waals surface area contributed by atoms with Crippen LogP contribution in [0.15, 0.2) is 23.1 Å². The van der Waals surface area contributed by atoms with Crippen molar-refractivity contribution in [3.8, 4) is 0 Å². The second-order valence-corrected chi connectivity index (χ2v) is 14.7. The molecule has 3 heterocycles. The van der Waals surface area contributed by atoms with E-state index in [1.165, 1.54) is 19.1 Å². The molecule has 2 amide bonds. The first-order valence-electron chi connectivity index (χ1n) is 13.1. The Morgan fingerprint density at radius 1 is 1.03 bits per heavy atom. The van der Waals surface area contributed by atoms with Crippen LogP contribution in [0.25, 0.3) is 0 Å². The highest BCUT2D eigenvalue weighted by molar-refractivity contribution is 7.90. The average Bonchev–Trinajstić information content (AvgIpc) is 3.31. The molecule has 1 N–H and O–H groups in total. The maximum atomic E-state index is 13.2. The lowest BCUT2D eigenvalue weighted by Crippen LogP contribution is -2.65. The summed E-state index contributed by atoms with van der Waals surface area (Å²) in [5.41, 5.74) is 1.25. The molecule has 0 unspecified atom stereocenters. The number of likely N-dealkylation sites (tertiary alicyclic amines) is 2. The predicted octanol–water partition coefficient (Wildman–Crippen LogP) is 4.31. The van der Waals surface area contributed by atoms with Gasteiger partial charge in [-0.25, -0.2) is 18.2 Å². The van der Waals surface area contributed by atoms with Crippen molar-refractivity contribution in [3.05, 3.63) is 40.4 Å². The van der Waals surface area contributed by atoms with Crippen LogP contribution >= 0.6 is 11.6 Å². The van der Waals surface area contributed by atoms with E-state index in [1.54, 1.807) is 12.1 Å². The maximum Gasteiger partial charge on any atom is 0.320 e. The Labute approximate surface area is 216 Å². The monoisotopic (exact) mass is 529 g/mol. The molecule has 2 saturated heterocycles. The van der Waals surface area contributed by atoms with Crippen LogP contribution in [-0.4, -0.2) is 71.9 Å². The van der Waals surface area contributed by atoms with Gasteiger partial charge in [-0.05, 0) is 74.0 Å². The molecule has 2 aromatic rings. The van der Waals surface area contributed by atoms with E-state index in [1.807, 2.05) is 15.9 Å². The fourth-order valence-corrected chi connectivity index (χ4v) is 8.58. The van der Waals surface area contributed by atoms with Crippen LogP contribution in [0.5, 0.6) is 0 Å². The summed E-state index contributed by atoms with van der Waals surface area (Å²) < 4.78 is 24.6. The van der Waals surface area contributed by atoms with E-state index in [0.29, 0.717) is 21.8 Å². The van der Waals surface area contributed by atoms with Crippen molar-refractivity contribution >= 4 is 27.5 Å². The summed E-state index contributed by atoms with van der Waals surface area (Å²) in [6.07, 6.45) is 8.68. The van der Waals surface area contributed by atoms with E-state index in [2.05, 4.69) is 10.2 Å². The van der Waals surface area contributed by atoms with Gasteiger partial charge in [-0.15, -0.1) is 0 Å². The van der Waals surface area contributed by atoms with Gasteiger partial charge in [0.2, 0.25) is 0 Å². The van der Waals surface area contributed by atoms with Crippen molar-refractivity contribution in [2.45, 2.75) is 67.6 Å². The summed E-state index contributed by atoms with van der Waals surface area (Å²) in [6.45, 7) is 3.25. The molecule has 2 aliphatic heterocycles. The molecular weight excluding hydrogens is 498 g/mol. The number of hydrogen-bond donors (Lipinski definition) is 1. The minimum Gasteiger partial charge on any atom is -0.324 e. The number of rotatable bonds is 4. The van der Waals surface area contributed by atoms with Crippen molar-refractivity contribution in [1.82, 2.24) is 25.0 Å². The molecule has 5 aliphatic rings. The summed E-state index contributed by atoms with van der Waals surface area (Å²) in [5.74, 6) is 3.25. The van der Waals surface area contributed by atoms with E-state index < -0.39 is 9.84 Å². The van der Waals surface area contributed by atoms with Gasteiger partial charge in [-0.3, -0.25) is 5.10 Å². The first-order chi connectivity index (χ1) is 17.1. The van der Waals surface area contributed by atoms with Gasteiger partial charge in [0.15, 0.2) is 15.7 Å². The first kappa shape index (κ1) is 23.0. The number of sulfone groups is 1. The Morgan fingerprint density at radius 3 is 2.42 bits per heavy atom. The zero-order valence-electron chi connectivity index (χ0n) is 20.5. The minimum absolute atomic E-state index is 0.115. The third kappa shape index (κ3) is 3.76.